The van der Waals surface area contributed by atoms with E-state index in [9.17, 15) is 10.1 Å². The first-order valence-electron chi connectivity index (χ1n) is 10.9. The van der Waals surface area contributed by atoms with Gasteiger partial charge in [-0.15, -0.1) is 0 Å². The van der Waals surface area contributed by atoms with Gasteiger partial charge in [0.05, 0.1) is 24.8 Å². The van der Waals surface area contributed by atoms with Gasteiger partial charge in [-0.3, -0.25) is 10.1 Å². The number of para-hydroxylation sites is 1. The molecule has 1 unspecified atom stereocenters. The van der Waals surface area contributed by atoms with Crippen LogP contribution < -0.4 is 4.90 Å². The van der Waals surface area contributed by atoms with Crippen molar-refractivity contribution in [3.8, 4) is 11.3 Å². The highest BCUT2D eigenvalue weighted by atomic mass is 16.6. The molecule has 1 aliphatic heterocycles. The molecule has 3 aromatic carbocycles. The van der Waals surface area contributed by atoms with Crippen molar-refractivity contribution in [2.24, 2.45) is 0 Å². The Hall–Kier alpha value is -3.64. The monoisotopic (exact) mass is 427 g/mol. The van der Waals surface area contributed by atoms with Crippen molar-refractivity contribution in [2.75, 3.05) is 37.7 Å². The van der Waals surface area contributed by atoms with Crippen LogP contribution in [-0.2, 0) is 4.74 Å². The van der Waals surface area contributed by atoms with E-state index in [0.29, 0.717) is 0 Å². The number of nitrogens with zero attached hydrogens (tertiary/aromatic N) is 2. The van der Waals surface area contributed by atoms with Crippen LogP contribution in [0.15, 0.2) is 78.9 Å². The molecule has 4 aromatic rings. The molecule has 2 heterocycles. The molecule has 6 heteroatoms. The van der Waals surface area contributed by atoms with Crippen LogP contribution in [0.1, 0.15) is 17.0 Å². The van der Waals surface area contributed by atoms with Gasteiger partial charge in [-0.25, -0.2) is 0 Å². The van der Waals surface area contributed by atoms with Crippen LogP contribution in [0.25, 0.3) is 22.2 Å². The third-order valence-corrected chi connectivity index (χ3v) is 6.16. The lowest BCUT2D eigenvalue weighted by Crippen LogP contribution is -2.36. The predicted molar refractivity (Wildman–Crippen MR) is 127 cm³/mol. The highest BCUT2D eigenvalue weighted by molar-refractivity contribution is 5.92. The Morgan fingerprint density at radius 3 is 2.34 bits per heavy atom. The second-order valence-electron chi connectivity index (χ2n) is 8.08. The zero-order valence-corrected chi connectivity index (χ0v) is 17.7. The maximum atomic E-state index is 11.7. The standard InChI is InChI=1S/C26H25N3O3/c30-29(31)18-23(19-10-12-21(13-11-19)28-14-16-32-17-15-28)25-22-8-4-5-9-24(22)27-26(25)20-6-2-1-3-7-20/h1-13,23,27H,14-18H2. The molecule has 32 heavy (non-hydrogen) atoms. The molecule has 1 aromatic heterocycles. The summed E-state index contributed by atoms with van der Waals surface area (Å²) in [6.07, 6.45) is 0. The number of morpholine rings is 1. The largest absolute Gasteiger partial charge is 0.378 e. The van der Waals surface area contributed by atoms with Crippen LogP contribution in [0.4, 0.5) is 5.69 Å². The van der Waals surface area contributed by atoms with Gasteiger partial charge < -0.3 is 14.6 Å². The van der Waals surface area contributed by atoms with Gasteiger partial charge in [0.1, 0.15) is 0 Å². The van der Waals surface area contributed by atoms with Crippen molar-refractivity contribution in [2.45, 2.75) is 5.92 Å². The highest BCUT2D eigenvalue weighted by Gasteiger charge is 2.27. The summed E-state index contributed by atoms with van der Waals surface area (Å²) in [7, 11) is 0. The Morgan fingerprint density at radius 1 is 0.938 bits per heavy atom. The van der Waals surface area contributed by atoms with Crippen LogP contribution in [-0.4, -0.2) is 42.8 Å². The molecule has 1 fully saturated rings. The van der Waals surface area contributed by atoms with E-state index in [4.69, 9.17) is 4.74 Å². The Labute approximate surface area is 186 Å². The maximum Gasteiger partial charge on any atom is 0.214 e. The minimum atomic E-state index is -0.366. The van der Waals surface area contributed by atoms with Gasteiger partial charge >= 0.3 is 0 Å². The number of rotatable bonds is 6. The topological polar surface area (TPSA) is 71.4 Å². The second-order valence-corrected chi connectivity index (χ2v) is 8.08. The zero-order chi connectivity index (χ0) is 21.9. The average molecular weight is 428 g/mol. The predicted octanol–water partition coefficient (Wildman–Crippen LogP) is 5.08. The van der Waals surface area contributed by atoms with Gasteiger partial charge in [0.15, 0.2) is 0 Å². The van der Waals surface area contributed by atoms with Crippen molar-refractivity contribution in [3.63, 3.8) is 0 Å². The summed E-state index contributed by atoms with van der Waals surface area (Å²) in [5.41, 5.74) is 6.00. The Morgan fingerprint density at radius 2 is 1.62 bits per heavy atom. The molecule has 1 saturated heterocycles. The van der Waals surface area contributed by atoms with E-state index in [1.807, 2.05) is 66.7 Å². The number of H-pyrrole nitrogens is 1. The van der Waals surface area contributed by atoms with Gasteiger partial charge in [-0.1, -0.05) is 60.7 Å². The molecule has 6 nitrogen and oxygen atoms in total. The number of fused-ring (bicyclic) bond motifs is 1. The van der Waals surface area contributed by atoms with E-state index in [1.54, 1.807) is 0 Å². The van der Waals surface area contributed by atoms with Gasteiger partial charge in [-0.2, -0.15) is 0 Å². The number of nitrogens with one attached hydrogen (secondary N) is 1. The molecule has 1 atom stereocenters. The number of ether oxygens (including phenoxy) is 1. The molecule has 5 rings (SSSR count). The summed E-state index contributed by atoms with van der Waals surface area (Å²) >= 11 is 0. The van der Waals surface area contributed by atoms with E-state index >= 15 is 0 Å². The summed E-state index contributed by atoms with van der Waals surface area (Å²) in [6.45, 7) is 3.00. The van der Waals surface area contributed by atoms with Crippen molar-refractivity contribution < 1.29 is 9.66 Å². The van der Waals surface area contributed by atoms with Crippen LogP contribution in [0.3, 0.4) is 0 Å². The summed E-state index contributed by atoms with van der Waals surface area (Å²) in [5.74, 6) is -0.366. The number of aromatic nitrogens is 1. The third-order valence-electron chi connectivity index (χ3n) is 6.16. The Balaban J connectivity index is 1.61. The summed E-state index contributed by atoms with van der Waals surface area (Å²) in [4.78, 5) is 17.3. The lowest BCUT2D eigenvalue weighted by atomic mass is 9.87. The molecule has 0 bridgehead atoms. The van der Waals surface area contributed by atoms with Crippen molar-refractivity contribution in [1.82, 2.24) is 4.98 Å². The van der Waals surface area contributed by atoms with Gasteiger partial charge in [0, 0.05) is 34.6 Å². The normalized spacial score (nSPS) is 15.1. The first-order valence-corrected chi connectivity index (χ1v) is 10.9. The van der Waals surface area contributed by atoms with E-state index in [1.165, 1.54) is 0 Å². The first kappa shape index (κ1) is 20.3. The molecule has 0 spiro atoms. The molecular weight excluding hydrogens is 402 g/mol. The highest BCUT2D eigenvalue weighted by Crippen LogP contribution is 2.39. The quantitative estimate of drug-likeness (QED) is 0.344. The lowest BCUT2D eigenvalue weighted by molar-refractivity contribution is -0.481. The molecule has 0 amide bonds. The maximum absolute atomic E-state index is 11.7. The summed E-state index contributed by atoms with van der Waals surface area (Å²) in [6, 6.07) is 26.3. The number of anilines is 1. The van der Waals surface area contributed by atoms with Crippen LogP contribution in [0.2, 0.25) is 0 Å². The van der Waals surface area contributed by atoms with Crippen LogP contribution in [0, 0.1) is 10.1 Å². The van der Waals surface area contributed by atoms with E-state index in [2.05, 4.69) is 22.0 Å². The number of aromatic amines is 1. The molecular formula is C26H25N3O3. The van der Waals surface area contributed by atoms with E-state index in [0.717, 1.165) is 65.3 Å². The Kier molecular flexibility index (Phi) is 5.60. The van der Waals surface area contributed by atoms with Gasteiger partial charge in [0.2, 0.25) is 6.54 Å². The van der Waals surface area contributed by atoms with E-state index < -0.39 is 0 Å². The molecule has 0 saturated carbocycles. The fourth-order valence-electron chi connectivity index (χ4n) is 4.61. The number of nitro groups is 1. The van der Waals surface area contributed by atoms with Gasteiger partial charge in [0.25, 0.3) is 0 Å². The summed E-state index contributed by atoms with van der Waals surface area (Å²) < 4.78 is 5.45. The first-order chi connectivity index (χ1) is 15.7. The van der Waals surface area contributed by atoms with Crippen molar-refractivity contribution >= 4 is 16.6 Å². The van der Waals surface area contributed by atoms with Crippen molar-refractivity contribution in [1.29, 1.82) is 0 Å². The SMILES string of the molecule is O=[N+]([O-])CC(c1ccc(N2CCOCC2)cc1)c1c(-c2ccccc2)[nH]c2ccccc12. The molecule has 1 N–H and O–H groups in total. The second kappa shape index (κ2) is 8.85. The number of hydrogen-bond donors (Lipinski definition) is 1. The smallest absolute Gasteiger partial charge is 0.214 e. The fourth-order valence-corrected chi connectivity index (χ4v) is 4.61. The van der Waals surface area contributed by atoms with E-state index in [-0.39, 0.29) is 17.4 Å². The molecule has 0 radical (unpaired) electrons. The lowest BCUT2D eigenvalue weighted by Gasteiger charge is -2.29. The Bertz CT molecular complexity index is 1210. The van der Waals surface area contributed by atoms with Crippen LogP contribution >= 0.6 is 0 Å². The number of benzene rings is 3. The fraction of sp³-hybridized carbons (Fsp3) is 0.231. The van der Waals surface area contributed by atoms with Crippen molar-refractivity contribution in [3.05, 3.63) is 100 Å². The molecule has 0 aliphatic carbocycles. The van der Waals surface area contributed by atoms with Gasteiger partial charge in [-0.05, 0) is 34.9 Å². The van der Waals surface area contributed by atoms with Crippen LogP contribution in [0.5, 0.6) is 0 Å². The average Bonchev–Trinajstić information content (AvgIpc) is 3.23. The molecule has 162 valence electrons. The molecule has 1 aliphatic rings. The minimum Gasteiger partial charge on any atom is -0.378 e. The summed E-state index contributed by atoms with van der Waals surface area (Å²) in [5, 5.41) is 12.8. The number of hydrogen-bond acceptors (Lipinski definition) is 4. The minimum absolute atomic E-state index is 0.168. The third kappa shape index (κ3) is 3.97. The zero-order valence-electron chi connectivity index (χ0n) is 17.7.